The standard InChI is InChI=1S/C15H20N2O4/c1-2-5-11-6-3-4-9-16(11)14-8-7-12(17(20)21)10-13(14)15(18)19/h7-8,10-11H,2-6,9H2,1H3,(H,18,19). The number of nitrogens with zero attached hydrogens (tertiary/aromatic N) is 2. The highest BCUT2D eigenvalue weighted by molar-refractivity contribution is 5.95. The quantitative estimate of drug-likeness (QED) is 0.663. The summed E-state index contributed by atoms with van der Waals surface area (Å²) in [4.78, 5) is 23.8. The molecule has 1 heterocycles. The Kier molecular flexibility index (Phi) is 4.77. The SMILES string of the molecule is CCCC1CCCCN1c1ccc([N+](=O)[O-])cc1C(=O)O. The predicted octanol–water partition coefficient (Wildman–Crippen LogP) is 3.45. The van der Waals surface area contributed by atoms with Gasteiger partial charge in [0.1, 0.15) is 0 Å². The van der Waals surface area contributed by atoms with E-state index in [1.54, 1.807) is 6.07 Å². The van der Waals surface area contributed by atoms with Gasteiger partial charge in [0.25, 0.3) is 5.69 Å². The predicted molar refractivity (Wildman–Crippen MR) is 79.9 cm³/mol. The van der Waals surface area contributed by atoms with Crippen LogP contribution in [0.5, 0.6) is 0 Å². The topological polar surface area (TPSA) is 83.7 Å². The number of rotatable bonds is 5. The second-order valence-corrected chi connectivity index (χ2v) is 5.40. The van der Waals surface area contributed by atoms with E-state index in [1.165, 1.54) is 6.07 Å². The van der Waals surface area contributed by atoms with E-state index in [9.17, 15) is 20.0 Å². The molecule has 6 nitrogen and oxygen atoms in total. The first-order valence-corrected chi connectivity index (χ1v) is 7.33. The van der Waals surface area contributed by atoms with Gasteiger partial charge in [0, 0.05) is 24.7 Å². The lowest BCUT2D eigenvalue weighted by atomic mass is 9.96. The summed E-state index contributed by atoms with van der Waals surface area (Å²) >= 11 is 0. The van der Waals surface area contributed by atoms with E-state index in [2.05, 4.69) is 11.8 Å². The molecule has 1 aliphatic heterocycles. The second-order valence-electron chi connectivity index (χ2n) is 5.40. The van der Waals surface area contributed by atoms with Crippen molar-refractivity contribution in [3.8, 4) is 0 Å². The van der Waals surface area contributed by atoms with Crippen molar-refractivity contribution in [1.82, 2.24) is 0 Å². The van der Waals surface area contributed by atoms with Crippen molar-refractivity contribution in [2.75, 3.05) is 11.4 Å². The van der Waals surface area contributed by atoms with Gasteiger partial charge < -0.3 is 10.0 Å². The van der Waals surface area contributed by atoms with Gasteiger partial charge in [-0.1, -0.05) is 13.3 Å². The zero-order valence-electron chi connectivity index (χ0n) is 12.1. The Bertz CT molecular complexity index is 542. The lowest BCUT2D eigenvalue weighted by Crippen LogP contribution is -2.40. The van der Waals surface area contributed by atoms with Crippen molar-refractivity contribution in [1.29, 1.82) is 0 Å². The third-order valence-corrected chi connectivity index (χ3v) is 3.98. The lowest BCUT2D eigenvalue weighted by molar-refractivity contribution is -0.384. The minimum Gasteiger partial charge on any atom is -0.478 e. The largest absolute Gasteiger partial charge is 0.478 e. The van der Waals surface area contributed by atoms with Gasteiger partial charge in [-0.05, 0) is 31.7 Å². The Balaban J connectivity index is 2.41. The number of hydrogen-bond donors (Lipinski definition) is 1. The number of carboxylic acid groups (broad SMARTS) is 1. The van der Waals surface area contributed by atoms with Gasteiger partial charge in [-0.15, -0.1) is 0 Å². The Morgan fingerprint density at radius 3 is 2.86 bits per heavy atom. The Hall–Kier alpha value is -2.11. The smallest absolute Gasteiger partial charge is 0.338 e. The van der Waals surface area contributed by atoms with Gasteiger partial charge >= 0.3 is 5.97 Å². The summed E-state index contributed by atoms with van der Waals surface area (Å²) < 4.78 is 0. The number of piperidine rings is 1. The lowest BCUT2D eigenvalue weighted by Gasteiger charge is -2.38. The normalized spacial score (nSPS) is 18.5. The summed E-state index contributed by atoms with van der Waals surface area (Å²) in [6.07, 6.45) is 5.27. The molecule has 1 atom stereocenters. The minimum atomic E-state index is -1.12. The fourth-order valence-corrected chi connectivity index (χ4v) is 3.01. The summed E-state index contributed by atoms with van der Waals surface area (Å²) in [6.45, 7) is 2.92. The number of benzene rings is 1. The summed E-state index contributed by atoms with van der Waals surface area (Å²) in [5, 5.41) is 20.2. The molecule has 114 valence electrons. The van der Waals surface area contributed by atoms with Gasteiger partial charge in [-0.3, -0.25) is 10.1 Å². The van der Waals surface area contributed by atoms with E-state index in [0.717, 1.165) is 44.7 Å². The fourth-order valence-electron chi connectivity index (χ4n) is 3.01. The van der Waals surface area contributed by atoms with Crippen LogP contribution in [0.3, 0.4) is 0 Å². The van der Waals surface area contributed by atoms with E-state index in [1.807, 2.05) is 0 Å². The van der Waals surface area contributed by atoms with Crippen LogP contribution >= 0.6 is 0 Å². The van der Waals surface area contributed by atoms with Crippen molar-refractivity contribution in [3.05, 3.63) is 33.9 Å². The Labute approximate surface area is 123 Å². The van der Waals surface area contributed by atoms with Crippen LogP contribution in [0.25, 0.3) is 0 Å². The number of carboxylic acids is 1. The Morgan fingerprint density at radius 2 is 2.24 bits per heavy atom. The summed E-state index contributed by atoms with van der Waals surface area (Å²) in [5.74, 6) is -1.12. The van der Waals surface area contributed by atoms with Crippen LogP contribution in [-0.2, 0) is 0 Å². The van der Waals surface area contributed by atoms with E-state index < -0.39 is 10.9 Å². The number of anilines is 1. The number of nitro benzene ring substituents is 1. The minimum absolute atomic E-state index is 0.0206. The molecule has 1 fully saturated rings. The number of nitro groups is 1. The van der Waals surface area contributed by atoms with Crippen LogP contribution in [0.15, 0.2) is 18.2 Å². The second kappa shape index (κ2) is 6.56. The number of carbonyl (C=O) groups is 1. The van der Waals surface area contributed by atoms with Gasteiger partial charge in [-0.25, -0.2) is 4.79 Å². The molecule has 21 heavy (non-hydrogen) atoms. The van der Waals surface area contributed by atoms with E-state index in [0.29, 0.717) is 11.7 Å². The van der Waals surface area contributed by atoms with Crippen LogP contribution in [0.1, 0.15) is 49.4 Å². The van der Waals surface area contributed by atoms with Crippen LogP contribution in [-0.4, -0.2) is 28.6 Å². The number of aromatic carboxylic acids is 1. The van der Waals surface area contributed by atoms with Crippen LogP contribution in [0, 0.1) is 10.1 Å². The number of non-ortho nitro benzene ring substituents is 1. The third-order valence-electron chi connectivity index (χ3n) is 3.98. The first-order chi connectivity index (χ1) is 10.0. The zero-order chi connectivity index (χ0) is 15.4. The summed E-state index contributed by atoms with van der Waals surface area (Å²) in [5.41, 5.74) is 0.443. The van der Waals surface area contributed by atoms with E-state index in [-0.39, 0.29) is 11.3 Å². The van der Waals surface area contributed by atoms with Gasteiger partial charge in [0.05, 0.1) is 16.2 Å². The van der Waals surface area contributed by atoms with Gasteiger partial charge in [0.15, 0.2) is 0 Å². The molecule has 0 saturated carbocycles. The Morgan fingerprint density at radius 1 is 1.48 bits per heavy atom. The third kappa shape index (κ3) is 3.32. The van der Waals surface area contributed by atoms with E-state index in [4.69, 9.17) is 0 Å². The van der Waals surface area contributed by atoms with Crippen LogP contribution in [0.2, 0.25) is 0 Å². The zero-order valence-corrected chi connectivity index (χ0v) is 12.1. The van der Waals surface area contributed by atoms with Gasteiger partial charge in [-0.2, -0.15) is 0 Å². The van der Waals surface area contributed by atoms with E-state index >= 15 is 0 Å². The maximum absolute atomic E-state index is 11.5. The molecular weight excluding hydrogens is 272 g/mol. The van der Waals surface area contributed by atoms with Crippen molar-refractivity contribution in [3.63, 3.8) is 0 Å². The molecule has 0 aromatic heterocycles. The molecule has 0 bridgehead atoms. The molecule has 1 N–H and O–H groups in total. The highest BCUT2D eigenvalue weighted by Gasteiger charge is 2.26. The average molecular weight is 292 g/mol. The van der Waals surface area contributed by atoms with Gasteiger partial charge in [0.2, 0.25) is 0 Å². The first kappa shape index (κ1) is 15.3. The molecule has 1 unspecified atom stereocenters. The van der Waals surface area contributed by atoms with Crippen molar-refractivity contribution >= 4 is 17.3 Å². The average Bonchev–Trinajstić information content (AvgIpc) is 2.47. The van der Waals surface area contributed by atoms with Crippen molar-refractivity contribution in [2.24, 2.45) is 0 Å². The molecule has 2 rings (SSSR count). The fraction of sp³-hybridized carbons (Fsp3) is 0.533. The molecule has 1 saturated heterocycles. The molecule has 0 aliphatic carbocycles. The summed E-state index contributed by atoms with van der Waals surface area (Å²) in [7, 11) is 0. The van der Waals surface area contributed by atoms with Crippen molar-refractivity contribution in [2.45, 2.75) is 45.1 Å². The molecule has 0 amide bonds. The highest BCUT2D eigenvalue weighted by atomic mass is 16.6. The maximum Gasteiger partial charge on any atom is 0.338 e. The molecule has 6 heteroatoms. The van der Waals surface area contributed by atoms with Crippen molar-refractivity contribution < 1.29 is 14.8 Å². The maximum atomic E-state index is 11.5. The summed E-state index contributed by atoms with van der Waals surface area (Å²) in [6, 6.07) is 4.45. The van der Waals surface area contributed by atoms with Crippen LogP contribution < -0.4 is 4.90 Å². The molecule has 1 aromatic rings. The highest BCUT2D eigenvalue weighted by Crippen LogP contribution is 2.32. The molecule has 1 aliphatic rings. The number of hydrogen-bond acceptors (Lipinski definition) is 4. The molecule has 0 radical (unpaired) electrons. The monoisotopic (exact) mass is 292 g/mol. The first-order valence-electron chi connectivity index (χ1n) is 7.33. The molecular formula is C15H20N2O4. The molecule has 0 spiro atoms. The van der Waals surface area contributed by atoms with Crippen LogP contribution in [0.4, 0.5) is 11.4 Å². The molecule has 1 aromatic carbocycles.